The second kappa shape index (κ2) is 9.08. The molecule has 0 spiro atoms. The zero-order valence-corrected chi connectivity index (χ0v) is 14.3. The minimum absolute atomic E-state index is 0.0677. The Morgan fingerprint density at radius 1 is 1.16 bits per heavy atom. The summed E-state index contributed by atoms with van der Waals surface area (Å²) in [4.78, 5) is 27.2. The molecule has 0 aliphatic carbocycles. The summed E-state index contributed by atoms with van der Waals surface area (Å²) in [5.74, 6) is 0.673. The number of carbonyl (C=O) groups is 1. The summed E-state index contributed by atoms with van der Waals surface area (Å²) in [5, 5.41) is 6.12. The van der Waals surface area contributed by atoms with Crippen LogP contribution in [-0.2, 0) is 11.3 Å². The van der Waals surface area contributed by atoms with E-state index in [9.17, 15) is 4.79 Å². The molecular weight excluding hydrogens is 316 g/mol. The maximum atomic E-state index is 12.6. The van der Waals surface area contributed by atoms with Gasteiger partial charge in [0.25, 0.3) is 0 Å². The SMILES string of the molecule is O=C(NCCNc1ncccn1)[C@H]1CCCCN1Cc1cccnc1. The molecule has 2 aromatic heterocycles. The first kappa shape index (κ1) is 17.3. The molecule has 1 saturated heterocycles. The lowest BCUT2D eigenvalue weighted by Gasteiger charge is -2.34. The van der Waals surface area contributed by atoms with Gasteiger partial charge in [0, 0.05) is 44.4 Å². The van der Waals surface area contributed by atoms with Crippen molar-refractivity contribution in [2.45, 2.75) is 31.8 Å². The van der Waals surface area contributed by atoms with Crippen LogP contribution in [0.15, 0.2) is 43.0 Å². The van der Waals surface area contributed by atoms with Crippen LogP contribution in [0.1, 0.15) is 24.8 Å². The first-order chi connectivity index (χ1) is 12.3. The number of hydrogen-bond acceptors (Lipinski definition) is 6. The van der Waals surface area contributed by atoms with Gasteiger partial charge in [-0.15, -0.1) is 0 Å². The maximum Gasteiger partial charge on any atom is 0.237 e. The van der Waals surface area contributed by atoms with Crippen LogP contribution in [0.3, 0.4) is 0 Å². The number of rotatable bonds is 7. The van der Waals surface area contributed by atoms with Crippen molar-refractivity contribution < 1.29 is 4.79 Å². The number of nitrogens with zero attached hydrogens (tertiary/aromatic N) is 4. The highest BCUT2D eigenvalue weighted by molar-refractivity contribution is 5.81. The van der Waals surface area contributed by atoms with E-state index in [0.717, 1.165) is 37.9 Å². The predicted octanol–water partition coefficient (Wildman–Crippen LogP) is 1.45. The molecule has 1 amide bonds. The van der Waals surface area contributed by atoms with Crippen LogP contribution >= 0.6 is 0 Å². The van der Waals surface area contributed by atoms with Crippen molar-refractivity contribution in [3.8, 4) is 0 Å². The number of likely N-dealkylation sites (tertiary alicyclic amines) is 1. The second-order valence-corrected chi connectivity index (χ2v) is 6.13. The fourth-order valence-electron chi connectivity index (χ4n) is 3.07. The van der Waals surface area contributed by atoms with E-state index in [4.69, 9.17) is 0 Å². The lowest BCUT2D eigenvalue weighted by molar-refractivity contribution is -0.127. The zero-order chi connectivity index (χ0) is 17.3. The average Bonchev–Trinajstić information content (AvgIpc) is 2.67. The van der Waals surface area contributed by atoms with E-state index >= 15 is 0 Å². The monoisotopic (exact) mass is 340 g/mol. The molecule has 2 N–H and O–H groups in total. The smallest absolute Gasteiger partial charge is 0.237 e. The van der Waals surface area contributed by atoms with E-state index in [2.05, 4.69) is 36.6 Å². The Hall–Kier alpha value is -2.54. The van der Waals surface area contributed by atoms with Crippen LogP contribution < -0.4 is 10.6 Å². The topological polar surface area (TPSA) is 83.0 Å². The van der Waals surface area contributed by atoms with Crippen molar-refractivity contribution in [3.63, 3.8) is 0 Å². The predicted molar refractivity (Wildman–Crippen MR) is 95.8 cm³/mol. The van der Waals surface area contributed by atoms with E-state index < -0.39 is 0 Å². The summed E-state index contributed by atoms with van der Waals surface area (Å²) in [6, 6.07) is 5.70. The minimum atomic E-state index is -0.0677. The molecule has 0 saturated carbocycles. The van der Waals surface area contributed by atoms with E-state index in [1.54, 1.807) is 24.7 Å². The highest BCUT2D eigenvalue weighted by atomic mass is 16.2. The van der Waals surface area contributed by atoms with Crippen molar-refractivity contribution in [2.24, 2.45) is 0 Å². The summed E-state index contributed by atoms with van der Waals surface area (Å²) in [5.41, 5.74) is 1.14. The van der Waals surface area contributed by atoms with Gasteiger partial charge in [-0.25, -0.2) is 9.97 Å². The molecule has 1 aliphatic rings. The fourth-order valence-corrected chi connectivity index (χ4v) is 3.07. The van der Waals surface area contributed by atoms with Crippen LogP contribution in [-0.4, -0.2) is 51.4 Å². The Morgan fingerprint density at radius 2 is 2.04 bits per heavy atom. The molecular formula is C18H24N6O. The second-order valence-electron chi connectivity index (χ2n) is 6.13. The molecule has 0 aromatic carbocycles. The zero-order valence-electron chi connectivity index (χ0n) is 14.3. The molecule has 0 bridgehead atoms. The number of hydrogen-bond donors (Lipinski definition) is 2. The summed E-state index contributed by atoms with van der Waals surface area (Å²) >= 11 is 0. The first-order valence-electron chi connectivity index (χ1n) is 8.74. The van der Waals surface area contributed by atoms with Crippen molar-refractivity contribution in [2.75, 3.05) is 25.0 Å². The lowest BCUT2D eigenvalue weighted by atomic mass is 10.0. The summed E-state index contributed by atoms with van der Waals surface area (Å²) in [7, 11) is 0. The van der Waals surface area contributed by atoms with Gasteiger partial charge in [0.1, 0.15) is 0 Å². The number of nitrogens with one attached hydrogen (secondary N) is 2. The van der Waals surface area contributed by atoms with Gasteiger partial charge in [-0.1, -0.05) is 12.5 Å². The summed E-state index contributed by atoms with van der Waals surface area (Å²) in [6.07, 6.45) is 10.1. The van der Waals surface area contributed by atoms with Gasteiger partial charge in [-0.05, 0) is 37.1 Å². The molecule has 3 rings (SSSR count). The number of aromatic nitrogens is 3. The van der Waals surface area contributed by atoms with Crippen LogP contribution in [0.2, 0.25) is 0 Å². The molecule has 25 heavy (non-hydrogen) atoms. The van der Waals surface area contributed by atoms with Gasteiger partial charge in [0.15, 0.2) is 0 Å². The summed E-state index contributed by atoms with van der Waals surface area (Å²) < 4.78 is 0. The molecule has 2 aromatic rings. The Morgan fingerprint density at radius 3 is 2.84 bits per heavy atom. The quantitative estimate of drug-likeness (QED) is 0.743. The number of pyridine rings is 1. The Bertz CT molecular complexity index is 651. The molecule has 0 radical (unpaired) electrons. The number of amides is 1. The van der Waals surface area contributed by atoms with E-state index in [1.807, 2.05) is 12.3 Å². The third kappa shape index (κ3) is 5.22. The Balaban J connectivity index is 1.47. The number of anilines is 1. The van der Waals surface area contributed by atoms with Crippen molar-refractivity contribution >= 4 is 11.9 Å². The van der Waals surface area contributed by atoms with Gasteiger partial charge in [-0.3, -0.25) is 14.7 Å². The lowest BCUT2D eigenvalue weighted by Crippen LogP contribution is -2.49. The van der Waals surface area contributed by atoms with Crippen molar-refractivity contribution in [1.82, 2.24) is 25.2 Å². The van der Waals surface area contributed by atoms with Gasteiger partial charge in [0.05, 0.1) is 6.04 Å². The summed E-state index contributed by atoms with van der Waals surface area (Å²) in [6.45, 7) is 2.87. The van der Waals surface area contributed by atoms with Gasteiger partial charge in [-0.2, -0.15) is 0 Å². The van der Waals surface area contributed by atoms with Gasteiger partial charge in [0.2, 0.25) is 11.9 Å². The molecule has 7 heteroatoms. The Kier molecular flexibility index (Phi) is 6.28. The van der Waals surface area contributed by atoms with E-state index in [0.29, 0.717) is 19.0 Å². The van der Waals surface area contributed by atoms with Crippen molar-refractivity contribution in [1.29, 1.82) is 0 Å². The van der Waals surface area contributed by atoms with Gasteiger partial charge >= 0.3 is 0 Å². The molecule has 1 fully saturated rings. The highest BCUT2D eigenvalue weighted by Crippen LogP contribution is 2.19. The first-order valence-corrected chi connectivity index (χ1v) is 8.74. The van der Waals surface area contributed by atoms with E-state index in [-0.39, 0.29) is 11.9 Å². The molecule has 0 unspecified atom stereocenters. The third-order valence-electron chi connectivity index (χ3n) is 4.30. The molecule has 132 valence electrons. The maximum absolute atomic E-state index is 12.6. The third-order valence-corrected chi connectivity index (χ3v) is 4.30. The average molecular weight is 340 g/mol. The highest BCUT2D eigenvalue weighted by Gasteiger charge is 2.28. The number of carbonyl (C=O) groups excluding carboxylic acids is 1. The molecule has 3 heterocycles. The molecule has 1 aliphatic heterocycles. The van der Waals surface area contributed by atoms with Gasteiger partial charge < -0.3 is 10.6 Å². The minimum Gasteiger partial charge on any atom is -0.353 e. The largest absolute Gasteiger partial charge is 0.353 e. The van der Waals surface area contributed by atoms with Crippen LogP contribution in [0.4, 0.5) is 5.95 Å². The van der Waals surface area contributed by atoms with Crippen LogP contribution in [0, 0.1) is 0 Å². The Labute approximate surface area is 147 Å². The van der Waals surface area contributed by atoms with Crippen LogP contribution in [0.25, 0.3) is 0 Å². The molecule has 1 atom stereocenters. The fraction of sp³-hybridized carbons (Fsp3) is 0.444. The van der Waals surface area contributed by atoms with E-state index in [1.165, 1.54) is 0 Å². The standard InChI is InChI=1S/C18H24N6O/c25-17(20-10-11-23-18-21-8-4-9-22-18)16-6-1-2-12-24(16)14-15-5-3-7-19-13-15/h3-5,7-9,13,16H,1-2,6,10-12,14H2,(H,20,25)(H,21,22,23)/t16-/m1/s1. The molecule has 7 nitrogen and oxygen atoms in total. The normalized spacial score (nSPS) is 17.8. The number of piperidine rings is 1. The van der Waals surface area contributed by atoms with Crippen LogP contribution in [0.5, 0.6) is 0 Å². The van der Waals surface area contributed by atoms with Crippen molar-refractivity contribution in [3.05, 3.63) is 48.5 Å².